The molecule has 0 aromatic heterocycles. The maximum Gasteiger partial charge on any atom is 0.0388 e. The zero-order valence-corrected chi connectivity index (χ0v) is 10.1. The van der Waals surface area contributed by atoms with Gasteiger partial charge in [-0.1, -0.05) is 40.0 Å². The first-order chi connectivity index (χ1) is 6.67. The van der Waals surface area contributed by atoms with Crippen LogP contribution in [-0.2, 0) is 0 Å². The second kappa shape index (κ2) is 5.53. The van der Waals surface area contributed by atoms with Crippen LogP contribution in [0.3, 0.4) is 0 Å². The van der Waals surface area contributed by atoms with Crippen LogP contribution in [0.25, 0.3) is 0 Å². The lowest BCUT2D eigenvalue weighted by atomic mass is 9.79. The van der Waals surface area contributed by atoms with Crippen LogP contribution in [0.2, 0.25) is 0 Å². The minimum Gasteiger partial charge on any atom is -0.294 e. The Labute approximate surface area is 89.0 Å². The van der Waals surface area contributed by atoms with E-state index in [1.807, 2.05) is 0 Å². The van der Waals surface area contributed by atoms with Crippen LogP contribution in [0, 0.1) is 5.41 Å². The average molecular weight is 195 g/mol. The van der Waals surface area contributed by atoms with Crippen LogP contribution >= 0.6 is 0 Å². The third kappa shape index (κ3) is 3.43. The van der Waals surface area contributed by atoms with E-state index in [1.165, 1.54) is 50.7 Å². The van der Waals surface area contributed by atoms with Gasteiger partial charge in [-0.3, -0.25) is 4.99 Å². The van der Waals surface area contributed by atoms with E-state index in [2.05, 4.69) is 20.8 Å². The molecule has 0 aliphatic carbocycles. The summed E-state index contributed by atoms with van der Waals surface area (Å²) in [5.74, 6) is 0. The summed E-state index contributed by atoms with van der Waals surface area (Å²) in [6.07, 6.45) is 9.20. The fourth-order valence-electron chi connectivity index (χ4n) is 2.19. The molecule has 0 radical (unpaired) electrons. The number of nitrogens with zero attached hydrogens (tertiary/aromatic N) is 1. The van der Waals surface area contributed by atoms with E-state index in [9.17, 15) is 0 Å². The molecule has 0 amide bonds. The van der Waals surface area contributed by atoms with Gasteiger partial charge in [-0.25, -0.2) is 0 Å². The Morgan fingerprint density at radius 1 is 1.21 bits per heavy atom. The van der Waals surface area contributed by atoms with Crippen molar-refractivity contribution < 1.29 is 0 Å². The van der Waals surface area contributed by atoms with E-state index in [1.54, 1.807) is 0 Å². The lowest BCUT2D eigenvalue weighted by Gasteiger charge is -2.28. The maximum atomic E-state index is 4.79. The van der Waals surface area contributed by atoms with Crippen molar-refractivity contribution in [1.29, 1.82) is 0 Å². The Kier molecular flexibility index (Phi) is 4.64. The number of rotatable bonds is 3. The molecule has 1 nitrogen and oxygen atoms in total. The largest absolute Gasteiger partial charge is 0.294 e. The first-order valence-electron chi connectivity index (χ1n) is 6.20. The van der Waals surface area contributed by atoms with Crippen LogP contribution in [0.1, 0.15) is 65.7 Å². The quantitative estimate of drug-likeness (QED) is 0.639. The molecule has 0 spiro atoms. The van der Waals surface area contributed by atoms with Gasteiger partial charge >= 0.3 is 0 Å². The molecule has 0 unspecified atom stereocenters. The Morgan fingerprint density at radius 2 is 2.00 bits per heavy atom. The molecule has 0 bridgehead atoms. The molecule has 1 rings (SSSR count). The highest BCUT2D eigenvalue weighted by Crippen LogP contribution is 2.29. The van der Waals surface area contributed by atoms with Crippen molar-refractivity contribution in [3.05, 3.63) is 0 Å². The van der Waals surface area contributed by atoms with Crippen LogP contribution in [0.4, 0.5) is 0 Å². The molecule has 0 saturated carbocycles. The summed E-state index contributed by atoms with van der Waals surface area (Å²) in [7, 11) is 0. The van der Waals surface area contributed by atoms with Gasteiger partial charge < -0.3 is 0 Å². The predicted molar refractivity (Wildman–Crippen MR) is 64.1 cm³/mol. The Balaban J connectivity index is 2.62. The molecular formula is C13H25N. The van der Waals surface area contributed by atoms with Gasteiger partial charge in [0.1, 0.15) is 0 Å². The SMILES string of the molecule is CCCCC1=NCCCCCC1(C)C. The standard InChI is InChI=1S/C13H25N/c1-4-5-9-12-13(2,3)10-7-6-8-11-14-12/h4-11H2,1-3H3. The normalized spacial score (nSPS) is 22.4. The third-order valence-electron chi connectivity index (χ3n) is 3.31. The Hall–Kier alpha value is -0.330. The molecule has 1 heteroatoms. The maximum absolute atomic E-state index is 4.79. The summed E-state index contributed by atoms with van der Waals surface area (Å²) < 4.78 is 0. The monoisotopic (exact) mass is 195 g/mol. The molecular weight excluding hydrogens is 170 g/mol. The fourth-order valence-corrected chi connectivity index (χ4v) is 2.19. The summed E-state index contributed by atoms with van der Waals surface area (Å²) in [6, 6.07) is 0. The van der Waals surface area contributed by atoms with E-state index in [0.29, 0.717) is 5.41 Å². The number of hydrogen-bond acceptors (Lipinski definition) is 1. The second-order valence-corrected chi connectivity index (χ2v) is 5.13. The van der Waals surface area contributed by atoms with Gasteiger partial charge in [-0.2, -0.15) is 0 Å². The van der Waals surface area contributed by atoms with Gasteiger partial charge in [0.05, 0.1) is 0 Å². The molecule has 1 heterocycles. The lowest BCUT2D eigenvalue weighted by Crippen LogP contribution is -2.25. The van der Waals surface area contributed by atoms with Crippen molar-refractivity contribution in [3.63, 3.8) is 0 Å². The van der Waals surface area contributed by atoms with E-state index in [-0.39, 0.29) is 0 Å². The molecule has 1 aliphatic heterocycles. The van der Waals surface area contributed by atoms with Gasteiger partial charge in [-0.15, -0.1) is 0 Å². The first-order valence-corrected chi connectivity index (χ1v) is 6.20. The van der Waals surface area contributed by atoms with Crippen LogP contribution in [0.5, 0.6) is 0 Å². The van der Waals surface area contributed by atoms with Crippen molar-refractivity contribution in [1.82, 2.24) is 0 Å². The summed E-state index contributed by atoms with van der Waals surface area (Å²) in [6.45, 7) is 8.07. The molecule has 0 N–H and O–H groups in total. The molecule has 0 fully saturated rings. The van der Waals surface area contributed by atoms with Gasteiger partial charge in [0.2, 0.25) is 0 Å². The van der Waals surface area contributed by atoms with Crippen LogP contribution in [-0.4, -0.2) is 12.3 Å². The third-order valence-corrected chi connectivity index (χ3v) is 3.31. The summed E-state index contributed by atoms with van der Waals surface area (Å²) in [5, 5.41) is 0. The molecule has 0 aromatic rings. The first kappa shape index (κ1) is 11.7. The summed E-state index contributed by atoms with van der Waals surface area (Å²) >= 11 is 0. The van der Waals surface area contributed by atoms with Crippen molar-refractivity contribution in [2.75, 3.05) is 6.54 Å². The van der Waals surface area contributed by atoms with Gasteiger partial charge in [-0.05, 0) is 25.7 Å². The zero-order valence-electron chi connectivity index (χ0n) is 10.1. The highest BCUT2D eigenvalue weighted by atomic mass is 14.8. The predicted octanol–water partition coefficient (Wildman–Crippen LogP) is 4.22. The second-order valence-electron chi connectivity index (χ2n) is 5.13. The number of hydrogen-bond donors (Lipinski definition) is 0. The van der Waals surface area contributed by atoms with Crippen molar-refractivity contribution in [2.24, 2.45) is 10.4 Å². The van der Waals surface area contributed by atoms with Crippen molar-refractivity contribution in [2.45, 2.75) is 65.7 Å². The Morgan fingerprint density at radius 3 is 2.71 bits per heavy atom. The molecule has 1 aliphatic rings. The van der Waals surface area contributed by atoms with Gasteiger partial charge in [0.15, 0.2) is 0 Å². The van der Waals surface area contributed by atoms with E-state index in [0.717, 1.165) is 6.54 Å². The molecule has 0 saturated heterocycles. The molecule has 82 valence electrons. The highest BCUT2D eigenvalue weighted by molar-refractivity contribution is 5.89. The van der Waals surface area contributed by atoms with Crippen molar-refractivity contribution >= 4 is 5.71 Å². The molecule has 0 atom stereocenters. The highest BCUT2D eigenvalue weighted by Gasteiger charge is 2.24. The minimum absolute atomic E-state index is 0.371. The topological polar surface area (TPSA) is 12.4 Å². The Bertz CT molecular complexity index is 191. The van der Waals surface area contributed by atoms with E-state index >= 15 is 0 Å². The average Bonchev–Trinajstić information content (AvgIpc) is 2.12. The molecule has 0 aromatic carbocycles. The zero-order chi connectivity index (χ0) is 10.4. The molecule has 14 heavy (non-hydrogen) atoms. The number of aliphatic imine (C=N–C) groups is 1. The van der Waals surface area contributed by atoms with Crippen LogP contribution < -0.4 is 0 Å². The van der Waals surface area contributed by atoms with Gasteiger partial charge in [0, 0.05) is 17.7 Å². The smallest absolute Gasteiger partial charge is 0.0388 e. The summed E-state index contributed by atoms with van der Waals surface area (Å²) in [5.41, 5.74) is 1.86. The van der Waals surface area contributed by atoms with Crippen molar-refractivity contribution in [3.8, 4) is 0 Å². The van der Waals surface area contributed by atoms with Gasteiger partial charge in [0.25, 0.3) is 0 Å². The van der Waals surface area contributed by atoms with E-state index < -0.39 is 0 Å². The summed E-state index contributed by atoms with van der Waals surface area (Å²) in [4.78, 5) is 4.79. The minimum atomic E-state index is 0.371. The van der Waals surface area contributed by atoms with Crippen LogP contribution in [0.15, 0.2) is 4.99 Å². The number of unbranched alkanes of at least 4 members (excludes halogenated alkanes) is 1. The van der Waals surface area contributed by atoms with E-state index in [4.69, 9.17) is 4.99 Å². The lowest BCUT2D eigenvalue weighted by molar-refractivity contribution is 0.423. The fraction of sp³-hybridized carbons (Fsp3) is 0.923.